The van der Waals surface area contributed by atoms with Gasteiger partial charge in [0.15, 0.2) is 5.76 Å². The van der Waals surface area contributed by atoms with E-state index in [1.807, 2.05) is 23.1 Å². The minimum Gasteiger partial charge on any atom is -0.452 e. The molecule has 26 heavy (non-hydrogen) atoms. The third-order valence-electron chi connectivity index (χ3n) is 5.63. The van der Waals surface area contributed by atoms with Gasteiger partial charge >= 0.3 is 0 Å². The molecule has 1 aliphatic heterocycles. The summed E-state index contributed by atoms with van der Waals surface area (Å²) in [6, 6.07) is 8.41. The minimum absolute atomic E-state index is 0.00371. The van der Waals surface area contributed by atoms with E-state index in [9.17, 15) is 4.79 Å². The fraction of sp³-hybridized carbons (Fsp3) is 0.571. The summed E-state index contributed by atoms with van der Waals surface area (Å²) in [6.45, 7) is 1.09. The van der Waals surface area contributed by atoms with Crippen LogP contribution in [-0.4, -0.2) is 47.8 Å². The molecule has 1 aromatic rings. The summed E-state index contributed by atoms with van der Waals surface area (Å²) in [5.74, 6) is 1.90. The van der Waals surface area contributed by atoms with E-state index >= 15 is 0 Å². The minimum atomic E-state index is -0.00371. The molecular formula is C21H27NO4. The Bertz CT molecular complexity index is 657. The molecule has 0 aromatic heterocycles. The van der Waals surface area contributed by atoms with Crippen LogP contribution in [0.15, 0.2) is 36.1 Å². The van der Waals surface area contributed by atoms with Gasteiger partial charge in [-0.05, 0) is 68.2 Å². The van der Waals surface area contributed by atoms with Crippen LogP contribution in [0.4, 0.5) is 0 Å². The summed E-state index contributed by atoms with van der Waals surface area (Å²) in [7, 11) is 0. The molecule has 0 radical (unpaired) electrons. The molecule has 5 nitrogen and oxygen atoms in total. The molecule has 1 heterocycles. The van der Waals surface area contributed by atoms with Crippen molar-refractivity contribution in [1.29, 1.82) is 0 Å². The van der Waals surface area contributed by atoms with E-state index in [1.54, 1.807) is 0 Å². The monoisotopic (exact) mass is 357 g/mol. The Morgan fingerprint density at radius 3 is 2.42 bits per heavy atom. The average molecular weight is 357 g/mol. The predicted molar refractivity (Wildman–Crippen MR) is 97.9 cm³/mol. The van der Waals surface area contributed by atoms with Gasteiger partial charge in [0.1, 0.15) is 5.75 Å². The molecule has 1 aromatic carbocycles. The predicted octanol–water partition coefficient (Wildman–Crippen LogP) is 2.99. The number of amides is 1. The zero-order valence-corrected chi connectivity index (χ0v) is 15.1. The lowest BCUT2D eigenvalue weighted by Crippen LogP contribution is -2.41. The summed E-state index contributed by atoms with van der Waals surface area (Å²) in [5, 5.41) is 8.85. The molecule has 5 heteroatoms. The van der Waals surface area contributed by atoms with Crippen LogP contribution in [0.2, 0.25) is 0 Å². The van der Waals surface area contributed by atoms with Crippen molar-refractivity contribution < 1.29 is 19.4 Å². The number of hydrogen-bond acceptors (Lipinski definition) is 4. The Morgan fingerprint density at radius 1 is 1.04 bits per heavy atom. The first-order valence-corrected chi connectivity index (χ1v) is 9.76. The number of benzene rings is 1. The SMILES string of the molecule is O=C1C(Oc2ccc(C3CC3)cc2)=CCN1C1CCC(OCCO)CC1. The van der Waals surface area contributed by atoms with Crippen molar-refractivity contribution in [2.45, 2.75) is 56.6 Å². The summed E-state index contributed by atoms with van der Waals surface area (Å²) >= 11 is 0. The van der Waals surface area contributed by atoms with Crippen molar-refractivity contribution in [3.05, 3.63) is 41.7 Å². The van der Waals surface area contributed by atoms with Crippen LogP contribution in [0.5, 0.6) is 5.75 Å². The van der Waals surface area contributed by atoms with Crippen LogP contribution in [0.3, 0.4) is 0 Å². The van der Waals surface area contributed by atoms with Crippen molar-refractivity contribution in [3.8, 4) is 5.75 Å². The van der Waals surface area contributed by atoms with Crippen molar-refractivity contribution in [1.82, 2.24) is 4.90 Å². The van der Waals surface area contributed by atoms with Gasteiger partial charge in [0.25, 0.3) is 5.91 Å². The van der Waals surface area contributed by atoms with Crippen LogP contribution in [0, 0.1) is 0 Å². The summed E-state index contributed by atoms with van der Waals surface area (Å²) in [4.78, 5) is 14.6. The molecule has 2 fully saturated rings. The Kier molecular flexibility index (Phi) is 5.27. The summed E-state index contributed by atoms with van der Waals surface area (Å²) in [5.41, 5.74) is 1.37. The van der Waals surface area contributed by atoms with E-state index < -0.39 is 0 Å². The van der Waals surface area contributed by atoms with E-state index in [0.717, 1.165) is 37.4 Å². The number of nitrogens with zero attached hydrogens (tertiary/aromatic N) is 1. The number of carbonyl (C=O) groups excluding carboxylic acids is 1. The highest BCUT2D eigenvalue weighted by atomic mass is 16.5. The smallest absolute Gasteiger partial charge is 0.289 e. The molecule has 0 spiro atoms. The Balaban J connectivity index is 1.29. The van der Waals surface area contributed by atoms with Crippen molar-refractivity contribution in [2.75, 3.05) is 19.8 Å². The zero-order chi connectivity index (χ0) is 17.9. The van der Waals surface area contributed by atoms with Gasteiger partial charge in [0, 0.05) is 12.6 Å². The quantitative estimate of drug-likeness (QED) is 0.815. The second-order valence-electron chi connectivity index (χ2n) is 7.50. The third-order valence-corrected chi connectivity index (χ3v) is 5.63. The first-order valence-electron chi connectivity index (χ1n) is 9.76. The van der Waals surface area contributed by atoms with Crippen LogP contribution >= 0.6 is 0 Å². The van der Waals surface area contributed by atoms with E-state index in [2.05, 4.69) is 12.1 Å². The van der Waals surface area contributed by atoms with Crippen molar-refractivity contribution >= 4 is 5.91 Å². The second kappa shape index (κ2) is 7.80. The number of hydrogen-bond donors (Lipinski definition) is 1. The van der Waals surface area contributed by atoms with E-state index in [4.69, 9.17) is 14.6 Å². The number of carbonyl (C=O) groups is 1. The lowest BCUT2D eigenvalue weighted by atomic mass is 9.92. The first kappa shape index (κ1) is 17.6. The van der Waals surface area contributed by atoms with Crippen LogP contribution in [0.1, 0.15) is 50.0 Å². The van der Waals surface area contributed by atoms with Gasteiger partial charge in [-0.1, -0.05) is 12.1 Å². The van der Waals surface area contributed by atoms with Crippen molar-refractivity contribution in [2.24, 2.45) is 0 Å². The van der Waals surface area contributed by atoms with Crippen LogP contribution in [0.25, 0.3) is 0 Å². The average Bonchev–Trinajstić information content (AvgIpc) is 3.46. The molecule has 3 aliphatic rings. The third kappa shape index (κ3) is 3.94. The molecule has 1 amide bonds. The van der Waals surface area contributed by atoms with Gasteiger partial charge in [-0.15, -0.1) is 0 Å². The van der Waals surface area contributed by atoms with Gasteiger partial charge in [0.05, 0.1) is 19.3 Å². The molecule has 0 unspecified atom stereocenters. The normalized spacial score (nSPS) is 26.1. The molecule has 2 saturated carbocycles. The second-order valence-corrected chi connectivity index (χ2v) is 7.50. The molecule has 140 valence electrons. The highest BCUT2D eigenvalue weighted by Crippen LogP contribution is 2.40. The Hall–Kier alpha value is -1.85. The fourth-order valence-electron chi connectivity index (χ4n) is 3.99. The lowest BCUT2D eigenvalue weighted by Gasteiger charge is -2.34. The van der Waals surface area contributed by atoms with Gasteiger partial charge in [0.2, 0.25) is 0 Å². The molecule has 4 rings (SSSR count). The molecule has 0 atom stereocenters. The van der Waals surface area contributed by atoms with E-state index in [0.29, 0.717) is 18.9 Å². The zero-order valence-electron chi connectivity index (χ0n) is 15.1. The highest BCUT2D eigenvalue weighted by molar-refractivity contribution is 5.94. The number of ether oxygens (including phenoxy) is 2. The lowest BCUT2D eigenvalue weighted by molar-refractivity contribution is -0.130. The van der Waals surface area contributed by atoms with E-state index in [1.165, 1.54) is 18.4 Å². The highest BCUT2D eigenvalue weighted by Gasteiger charge is 2.34. The standard InChI is InChI=1S/C21H27NO4/c23-13-14-25-18-9-5-17(6-10-18)22-12-11-20(21(22)24)26-19-7-3-16(4-8-19)15-1-2-15/h3-4,7-8,11,15,17-18,23H,1-2,5-6,9-10,12-14H2. The largest absolute Gasteiger partial charge is 0.452 e. The van der Waals surface area contributed by atoms with Gasteiger partial charge in [-0.2, -0.15) is 0 Å². The maximum atomic E-state index is 12.7. The molecule has 2 aliphatic carbocycles. The first-order chi connectivity index (χ1) is 12.7. The maximum Gasteiger partial charge on any atom is 0.289 e. The van der Waals surface area contributed by atoms with Gasteiger partial charge in [-0.3, -0.25) is 4.79 Å². The fourth-order valence-corrected chi connectivity index (χ4v) is 3.99. The van der Waals surface area contributed by atoms with Crippen molar-refractivity contribution in [3.63, 3.8) is 0 Å². The van der Waals surface area contributed by atoms with Crippen LogP contribution in [-0.2, 0) is 9.53 Å². The number of aliphatic hydroxyl groups excluding tert-OH is 1. The molecule has 1 N–H and O–H groups in total. The Morgan fingerprint density at radius 2 is 1.77 bits per heavy atom. The molecule has 0 bridgehead atoms. The van der Waals surface area contributed by atoms with Crippen LogP contribution < -0.4 is 4.74 Å². The van der Waals surface area contributed by atoms with Gasteiger partial charge < -0.3 is 19.5 Å². The summed E-state index contributed by atoms with van der Waals surface area (Å²) < 4.78 is 11.5. The van der Waals surface area contributed by atoms with E-state index in [-0.39, 0.29) is 24.7 Å². The summed E-state index contributed by atoms with van der Waals surface area (Å²) in [6.07, 6.45) is 8.44. The Labute approximate surface area is 154 Å². The molecular weight excluding hydrogens is 330 g/mol. The maximum absolute atomic E-state index is 12.7. The number of rotatable bonds is 7. The number of aliphatic hydroxyl groups is 1. The van der Waals surface area contributed by atoms with Gasteiger partial charge in [-0.25, -0.2) is 0 Å². The molecule has 0 saturated heterocycles. The topological polar surface area (TPSA) is 59.0 Å².